The second kappa shape index (κ2) is 8.97. The Morgan fingerprint density at radius 3 is 1.19 bits per heavy atom. The first-order valence-corrected chi connectivity index (χ1v) is 8.51. The summed E-state index contributed by atoms with van der Waals surface area (Å²) in [5.74, 6) is -31.0. The third-order valence-corrected chi connectivity index (χ3v) is 4.38. The molecule has 0 fully saturated rings. The predicted octanol–water partition coefficient (Wildman–Crippen LogP) is 4.67. The Morgan fingerprint density at radius 2 is 0.871 bits per heavy atom. The quantitative estimate of drug-likeness (QED) is 0.316. The Hall–Kier alpha value is -1.21. The summed E-state index contributed by atoms with van der Waals surface area (Å²) in [6, 6.07) is 0. The van der Waals surface area contributed by atoms with Crippen LogP contribution >= 0.6 is 0 Å². The minimum Gasteiger partial charge on any atom is -0.283 e. The molecule has 0 aliphatic heterocycles. The molecular formula is C11H8F16O3S. The molecule has 0 aromatic heterocycles. The fraction of sp³-hybridized carbons (Fsp3) is 1.00. The molecule has 0 saturated heterocycles. The molecule has 0 saturated carbocycles. The zero-order valence-electron chi connectivity index (χ0n) is 13.8. The Morgan fingerprint density at radius 1 is 0.548 bits per heavy atom. The highest BCUT2D eigenvalue weighted by Gasteiger charge is 2.85. The molecule has 6 unspecified atom stereocenters. The molecule has 6 atom stereocenters. The van der Waals surface area contributed by atoms with Crippen molar-refractivity contribution in [3.63, 3.8) is 0 Å². The van der Waals surface area contributed by atoms with E-state index in [0.717, 1.165) is 0 Å². The van der Waals surface area contributed by atoms with Crippen molar-refractivity contribution in [2.24, 2.45) is 0 Å². The van der Waals surface area contributed by atoms with Crippen LogP contribution in [0.3, 0.4) is 0 Å². The fourth-order valence-electron chi connectivity index (χ4n) is 1.77. The highest BCUT2D eigenvalue weighted by Crippen LogP contribution is 2.56. The molecule has 20 heteroatoms. The summed E-state index contributed by atoms with van der Waals surface area (Å²) in [4.78, 5) is 0. The van der Waals surface area contributed by atoms with E-state index < -0.39 is 76.6 Å². The fourth-order valence-corrected chi connectivity index (χ4v) is 2.30. The van der Waals surface area contributed by atoms with Crippen LogP contribution in [0.25, 0.3) is 0 Å². The van der Waals surface area contributed by atoms with Crippen molar-refractivity contribution < 1.29 is 83.2 Å². The van der Waals surface area contributed by atoms with Crippen molar-refractivity contribution in [3.05, 3.63) is 0 Å². The van der Waals surface area contributed by atoms with Gasteiger partial charge in [-0.25, -0.2) is 35.1 Å². The van der Waals surface area contributed by atoms with E-state index in [1.54, 1.807) is 0 Å². The van der Waals surface area contributed by atoms with E-state index in [2.05, 4.69) is 0 Å². The lowest BCUT2D eigenvalue weighted by Crippen LogP contribution is -2.69. The molecule has 0 aliphatic rings. The van der Waals surface area contributed by atoms with Gasteiger partial charge in [-0.05, 0) is 0 Å². The summed E-state index contributed by atoms with van der Waals surface area (Å²) in [5, 5.41) is 0. The minimum atomic E-state index is -7.99. The van der Waals surface area contributed by atoms with Gasteiger partial charge in [0.1, 0.15) is 0 Å². The molecule has 188 valence electrons. The largest absolute Gasteiger partial charge is 0.382 e. The number of rotatable bonds is 11. The lowest BCUT2D eigenvalue weighted by Gasteiger charge is -2.39. The predicted molar refractivity (Wildman–Crippen MR) is 66.7 cm³/mol. The Balaban J connectivity index is 6.17. The lowest BCUT2D eigenvalue weighted by atomic mass is 9.91. The van der Waals surface area contributed by atoms with Crippen LogP contribution in [0.5, 0.6) is 0 Å². The number of halogens is 16. The second-order valence-electron chi connectivity index (χ2n) is 5.74. The van der Waals surface area contributed by atoms with E-state index in [9.17, 15) is 78.7 Å². The van der Waals surface area contributed by atoms with Gasteiger partial charge in [-0.2, -0.15) is 43.5 Å². The Kier molecular flexibility index (Phi) is 8.62. The molecule has 0 heterocycles. The van der Waals surface area contributed by atoms with Crippen LogP contribution in [0.4, 0.5) is 70.2 Å². The first-order valence-electron chi connectivity index (χ1n) is 7.00. The summed E-state index contributed by atoms with van der Waals surface area (Å²) >= 11 is 0. The summed E-state index contributed by atoms with van der Waals surface area (Å²) in [5.41, 5.74) is -5.72. The molecule has 0 aliphatic carbocycles. The molecule has 0 aromatic carbocycles. The smallest absolute Gasteiger partial charge is 0.283 e. The number of hydrogen-bond acceptors (Lipinski definition) is 2. The summed E-state index contributed by atoms with van der Waals surface area (Å²) in [6.45, 7) is 0. The van der Waals surface area contributed by atoms with Crippen molar-refractivity contribution in [1.29, 1.82) is 0 Å². The highest BCUT2D eigenvalue weighted by atomic mass is 32.2. The van der Waals surface area contributed by atoms with Crippen LogP contribution in [0.15, 0.2) is 0 Å². The van der Waals surface area contributed by atoms with E-state index in [1.807, 2.05) is 0 Å². The molecular weight excluding hydrogens is 516 g/mol. The molecule has 0 aromatic rings. The van der Waals surface area contributed by atoms with Crippen LogP contribution in [-0.4, -0.2) is 79.4 Å². The van der Waals surface area contributed by atoms with Gasteiger partial charge in [-0.1, -0.05) is 0 Å². The summed E-state index contributed by atoms with van der Waals surface area (Å²) in [7, 11) is -6.99. The average Bonchev–Trinajstić information content (AvgIpc) is 2.62. The number of alkyl halides is 16. The molecule has 0 spiro atoms. The first-order chi connectivity index (χ1) is 13.4. The molecule has 0 rings (SSSR count). The number of hydrogen-bond donors (Lipinski definition) is 1. The first kappa shape index (κ1) is 29.8. The van der Waals surface area contributed by atoms with Gasteiger partial charge < -0.3 is 0 Å². The van der Waals surface area contributed by atoms with Gasteiger partial charge in [0, 0.05) is 0 Å². The third kappa shape index (κ3) is 5.08. The van der Waals surface area contributed by atoms with Crippen molar-refractivity contribution >= 4 is 10.1 Å². The summed E-state index contributed by atoms with van der Waals surface area (Å²) in [6.07, 6.45) is -29.1. The third-order valence-electron chi connectivity index (χ3n) is 3.56. The van der Waals surface area contributed by atoms with Crippen LogP contribution in [0, 0.1) is 0 Å². The molecule has 0 amide bonds. The zero-order valence-corrected chi connectivity index (χ0v) is 14.6. The molecule has 0 radical (unpaired) electrons. The lowest BCUT2D eigenvalue weighted by molar-refractivity contribution is -0.382. The van der Waals surface area contributed by atoms with Gasteiger partial charge >= 0.3 is 33.8 Å². The molecule has 3 nitrogen and oxygen atoms in total. The topological polar surface area (TPSA) is 54.4 Å². The van der Waals surface area contributed by atoms with E-state index in [4.69, 9.17) is 4.55 Å². The van der Waals surface area contributed by atoms with Crippen molar-refractivity contribution in [3.8, 4) is 0 Å². The standard InChI is InChI=1S/C11H8F16O3S/c12-1(2(13)4(15)6(17)18)3(14)5(16)8(20,21)10(24,25)11(26,27)9(22,23)7(19)31(28,29)30/h1-7H,(H,28,29,30). The highest BCUT2D eigenvalue weighted by molar-refractivity contribution is 7.86. The van der Waals surface area contributed by atoms with Crippen molar-refractivity contribution in [2.75, 3.05) is 0 Å². The minimum absolute atomic E-state index is 4.36. The normalized spacial score (nSPS) is 20.8. The van der Waals surface area contributed by atoms with E-state index in [-0.39, 0.29) is 0 Å². The molecule has 31 heavy (non-hydrogen) atoms. The Bertz CT molecular complexity index is 712. The SMILES string of the molecule is O=S(=O)(O)C(F)C(F)(F)C(F)(F)C(F)(F)C(F)(F)C(F)C(F)C(F)C(F)C(F)C(F)F. The van der Waals surface area contributed by atoms with Crippen LogP contribution in [0.2, 0.25) is 0 Å². The van der Waals surface area contributed by atoms with E-state index in [0.29, 0.717) is 0 Å². The monoisotopic (exact) mass is 524 g/mol. The van der Waals surface area contributed by atoms with Gasteiger partial charge in [-0.15, -0.1) is 0 Å². The van der Waals surface area contributed by atoms with Crippen molar-refractivity contribution in [1.82, 2.24) is 0 Å². The molecule has 1 N–H and O–H groups in total. The molecule has 0 bridgehead atoms. The van der Waals surface area contributed by atoms with Gasteiger partial charge in [-0.3, -0.25) is 4.55 Å². The van der Waals surface area contributed by atoms with Crippen molar-refractivity contribution in [2.45, 2.75) is 66.5 Å². The van der Waals surface area contributed by atoms with Gasteiger partial charge in [0.2, 0.25) is 6.17 Å². The maximum Gasteiger partial charge on any atom is 0.382 e. The maximum atomic E-state index is 13.4. The Labute approximate surface area is 161 Å². The zero-order chi connectivity index (χ0) is 25.5. The van der Waals surface area contributed by atoms with E-state index in [1.165, 1.54) is 0 Å². The van der Waals surface area contributed by atoms with E-state index >= 15 is 0 Å². The average molecular weight is 524 g/mol. The van der Waals surface area contributed by atoms with Gasteiger partial charge in [0.25, 0.3) is 11.9 Å². The van der Waals surface area contributed by atoms with Crippen LogP contribution in [0.1, 0.15) is 0 Å². The summed E-state index contributed by atoms with van der Waals surface area (Å²) < 4.78 is 236. The van der Waals surface area contributed by atoms with Gasteiger partial charge in [0.15, 0.2) is 24.7 Å². The van der Waals surface area contributed by atoms with Crippen LogP contribution in [-0.2, 0) is 10.1 Å². The van der Waals surface area contributed by atoms with Gasteiger partial charge in [0.05, 0.1) is 0 Å². The van der Waals surface area contributed by atoms with Crippen LogP contribution < -0.4 is 0 Å². The second-order valence-corrected chi connectivity index (χ2v) is 7.18. The maximum absolute atomic E-state index is 13.4.